The van der Waals surface area contributed by atoms with Crippen LogP contribution in [-0.2, 0) is 17.8 Å². The highest BCUT2D eigenvalue weighted by atomic mass is 16.5. The number of nitrogens with one attached hydrogen (secondary N) is 1. The fraction of sp³-hybridized carbons (Fsp3) is 0.320. The normalized spacial score (nSPS) is 17.8. The second kappa shape index (κ2) is 9.05. The molecule has 0 bridgehead atoms. The first-order chi connectivity index (χ1) is 15.1. The average Bonchev–Trinajstić information content (AvgIpc) is 3.11. The Morgan fingerprint density at radius 3 is 2.87 bits per heavy atom. The molecule has 158 valence electrons. The zero-order valence-corrected chi connectivity index (χ0v) is 17.4. The Balaban J connectivity index is 1.32. The summed E-state index contributed by atoms with van der Waals surface area (Å²) >= 11 is 0. The first-order valence-electron chi connectivity index (χ1n) is 10.5. The molecule has 0 radical (unpaired) electrons. The molecule has 6 nitrogen and oxygen atoms in total. The fourth-order valence-electron chi connectivity index (χ4n) is 4.12. The van der Waals surface area contributed by atoms with Crippen molar-refractivity contribution in [2.75, 3.05) is 6.61 Å². The molecule has 6 heteroatoms. The van der Waals surface area contributed by atoms with Gasteiger partial charge in [-0.3, -0.25) is 9.59 Å². The highest BCUT2D eigenvalue weighted by Gasteiger charge is 2.38. The molecule has 2 aliphatic heterocycles. The van der Waals surface area contributed by atoms with E-state index < -0.39 is 6.04 Å². The van der Waals surface area contributed by atoms with E-state index >= 15 is 0 Å². The molecule has 0 saturated carbocycles. The predicted octanol–water partition coefficient (Wildman–Crippen LogP) is 3.21. The van der Waals surface area contributed by atoms with Gasteiger partial charge in [0.05, 0.1) is 12.8 Å². The van der Waals surface area contributed by atoms with Crippen molar-refractivity contribution in [2.45, 2.75) is 44.7 Å². The third-order valence-corrected chi connectivity index (χ3v) is 5.78. The van der Waals surface area contributed by atoms with Gasteiger partial charge in [-0.15, -0.1) is 6.42 Å². The van der Waals surface area contributed by atoms with Crippen LogP contribution in [0.2, 0.25) is 0 Å². The summed E-state index contributed by atoms with van der Waals surface area (Å²) in [6, 6.07) is 9.00. The molecule has 1 atom stereocenters. The molecule has 1 saturated heterocycles. The van der Waals surface area contributed by atoms with Gasteiger partial charge >= 0.3 is 0 Å². The van der Waals surface area contributed by atoms with Gasteiger partial charge in [-0.2, -0.15) is 0 Å². The van der Waals surface area contributed by atoms with Crippen LogP contribution >= 0.6 is 0 Å². The SMILES string of the molecule is C#Cc1ccc(OCCCCc2cccc3c2CN(C2CCC(=C)NC2=O)C3=O)cn1. The topological polar surface area (TPSA) is 71.5 Å². The molecule has 31 heavy (non-hydrogen) atoms. The number of amides is 2. The summed E-state index contributed by atoms with van der Waals surface area (Å²) in [5, 5.41) is 2.78. The fourth-order valence-corrected chi connectivity index (χ4v) is 4.12. The third kappa shape index (κ3) is 4.46. The minimum absolute atomic E-state index is 0.0595. The van der Waals surface area contributed by atoms with Crippen molar-refractivity contribution in [3.05, 3.63) is 71.2 Å². The summed E-state index contributed by atoms with van der Waals surface area (Å²) in [5.74, 6) is 2.99. The van der Waals surface area contributed by atoms with Gasteiger partial charge in [0.25, 0.3) is 5.91 Å². The summed E-state index contributed by atoms with van der Waals surface area (Å²) < 4.78 is 5.73. The van der Waals surface area contributed by atoms with Crippen LogP contribution in [0.25, 0.3) is 0 Å². The number of hydrogen-bond acceptors (Lipinski definition) is 4. The van der Waals surface area contributed by atoms with Gasteiger partial charge in [-0.1, -0.05) is 24.6 Å². The molecule has 0 spiro atoms. The number of hydrogen-bond donors (Lipinski definition) is 1. The number of fused-ring (bicyclic) bond motifs is 1. The number of unbranched alkanes of at least 4 members (excludes halogenated alkanes) is 1. The van der Waals surface area contributed by atoms with Gasteiger partial charge in [-0.25, -0.2) is 4.98 Å². The number of aromatic nitrogens is 1. The maximum Gasteiger partial charge on any atom is 0.255 e. The van der Waals surface area contributed by atoms with Gasteiger partial charge in [0, 0.05) is 17.8 Å². The lowest BCUT2D eigenvalue weighted by molar-refractivity contribution is -0.126. The lowest BCUT2D eigenvalue weighted by atomic mass is 9.99. The van der Waals surface area contributed by atoms with Crippen molar-refractivity contribution < 1.29 is 14.3 Å². The van der Waals surface area contributed by atoms with E-state index in [1.54, 1.807) is 17.2 Å². The Morgan fingerprint density at radius 1 is 1.26 bits per heavy atom. The lowest BCUT2D eigenvalue weighted by Gasteiger charge is -2.31. The zero-order chi connectivity index (χ0) is 21.8. The van der Waals surface area contributed by atoms with Crippen molar-refractivity contribution in [1.82, 2.24) is 15.2 Å². The molecular weight excluding hydrogens is 390 g/mol. The third-order valence-electron chi connectivity index (χ3n) is 5.78. The molecule has 1 aromatic heterocycles. The minimum atomic E-state index is -0.430. The lowest BCUT2D eigenvalue weighted by Crippen LogP contribution is -2.49. The summed E-state index contributed by atoms with van der Waals surface area (Å²) in [5.41, 5.74) is 4.22. The molecule has 2 aromatic rings. The van der Waals surface area contributed by atoms with Crippen LogP contribution in [0.5, 0.6) is 5.75 Å². The molecule has 1 aromatic carbocycles. The Labute approximate surface area is 182 Å². The Morgan fingerprint density at radius 2 is 2.13 bits per heavy atom. The highest BCUT2D eigenvalue weighted by molar-refractivity contribution is 6.01. The number of terminal acetylenes is 1. The van der Waals surface area contributed by atoms with Gasteiger partial charge in [0.15, 0.2) is 0 Å². The molecule has 1 fully saturated rings. The molecule has 4 rings (SSSR count). The largest absolute Gasteiger partial charge is 0.492 e. The predicted molar refractivity (Wildman–Crippen MR) is 117 cm³/mol. The van der Waals surface area contributed by atoms with E-state index in [2.05, 4.69) is 28.9 Å². The van der Waals surface area contributed by atoms with Gasteiger partial charge in [-0.05, 0) is 61.4 Å². The quantitative estimate of drug-likeness (QED) is 0.557. The van der Waals surface area contributed by atoms with E-state index in [0.29, 0.717) is 43.0 Å². The first-order valence-corrected chi connectivity index (χ1v) is 10.5. The number of benzene rings is 1. The molecule has 1 N–H and O–H groups in total. The van der Waals surface area contributed by atoms with E-state index in [4.69, 9.17) is 11.2 Å². The minimum Gasteiger partial charge on any atom is -0.492 e. The van der Waals surface area contributed by atoms with Crippen molar-refractivity contribution in [3.63, 3.8) is 0 Å². The van der Waals surface area contributed by atoms with Gasteiger partial charge < -0.3 is 15.0 Å². The highest BCUT2D eigenvalue weighted by Crippen LogP contribution is 2.31. The Kier molecular flexibility index (Phi) is 6.03. The van der Waals surface area contributed by atoms with Crippen LogP contribution in [-0.4, -0.2) is 34.3 Å². The van der Waals surface area contributed by atoms with Gasteiger partial charge in [0.1, 0.15) is 17.5 Å². The maximum atomic E-state index is 12.9. The smallest absolute Gasteiger partial charge is 0.255 e. The molecular formula is C25H25N3O3. The average molecular weight is 415 g/mol. The van der Waals surface area contributed by atoms with Crippen LogP contribution in [0.15, 0.2) is 48.8 Å². The Hall–Kier alpha value is -3.59. The summed E-state index contributed by atoms with van der Waals surface area (Å²) in [6.45, 7) is 4.89. The number of ether oxygens (including phenoxy) is 1. The summed E-state index contributed by atoms with van der Waals surface area (Å²) in [4.78, 5) is 31.1. The van der Waals surface area contributed by atoms with Crippen molar-refractivity contribution in [2.24, 2.45) is 0 Å². The maximum absolute atomic E-state index is 12.9. The van der Waals surface area contributed by atoms with Crippen molar-refractivity contribution in [1.29, 1.82) is 0 Å². The van der Waals surface area contributed by atoms with Crippen LogP contribution in [0.4, 0.5) is 0 Å². The van der Waals surface area contributed by atoms with Crippen LogP contribution < -0.4 is 10.1 Å². The molecule has 2 amide bonds. The number of carbonyl (C=O) groups excluding carboxylic acids is 2. The molecule has 1 unspecified atom stereocenters. The zero-order valence-electron chi connectivity index (χ0n) is 17.4. The summed E-state index contributed by atoms with van der Waals surface area (Å²) in [6.07, 6.45) is 10.9. The van der Waals surface area contributed by atoms with Crippen LogP contribution in [0, 0.1) is 12.3 Å². The number of nitrogens with zero attached hydrogens (tertiary/aromatic N) is 2. The first kappa shape index (κ1) is 20.7. The number of carbonyl (C=O) groups is 2. The second-order valence-corrected chi connectivity index (χ2v) is 7.85. The van der Waals surface area contributed by atoms with Crippen LogP contribution in [0.3, 0.4) is 0 Å². The van der Waals surface area contributed by atoms with Crippen LogP contribution in [0.1, 0.15) is 52.9 Å². The van der Waals surface area contributed by atoms with E-state index in [1.165, 1.54) is 0 Å². The van der Waals surface area contributed by atoms with Crippen molar-refractivity contribution in [3.8, 4) is 18.1 Å². The molecule has 0 aliphatic carbocycles. The number of pyridine rings is 1. The van der Waals surface area contributed by atoms with E-state index in [1.807, 2.05) is 18.2 Å². The standard InChI is InChI=1S/C25H25N3O3/c1-3-19-11-12-20(15-26-19)31-14-5-4-7-18-8-6-9-21-22(18)16-28(25(21)30)23-13-10-17(2)27-24(23)29/h1,6,8-9,11-12,15,23H,2,4-5,7,10,13-14,16H2,(H,27,29). The van der Waals surface area contributed by atoms with E-state index in [9.17, 15) is 9.59 Å². The van der Waals surface area contributed by atoms with Crippen molar-refractivity contribution >= 4 is 11.8 Å². The molecule has 3 heterocycles. The Bertz CT molecular complexity index is 1050. The molecule has 2 aliphatic rings. The van der Waals surface area contributed by atoms with E-state index in [-0.39, 0.29) is 11.8 Å². The second-order valence-electron chi connectivity index (χ2n) is 7.85. The number of aryl methyl sites for hydroxylation is 1. The van der Waals surface area contributed by atoms with Gasteiger partial charge in [0.2, 0.25) is 5.91 Å². The monoisotopic (exact) mass is 415 g/mol. The number of rotatable bonds is 7. The number of allylic oxidation sites excluding steroid dienone is 1. The number of piperidine rings is 1. The van der Waals surface area contributed by atoms with E-state index in [0.717, 1.165) is 36.1 Å². The summed E-state index contributed by atoms with van der Waals surface area (Å²) in [7, 11) is 0.